The largest absolute Gasteiger partial charge is 0.460 e. The molecular formula is C83H85Cl5F4N24O11. The zero-order valence-corrected chi connectivity index (χ0v) is 73.1. The van der Waals surface area contributed by atoms with E-state index in [4.69, 9.17) is 116 Å². The van der Waals surface area contributed by atoms with Crippen LogP contribution in [0, 0.1) is 17.5 Å². The summed E-state index contributed by atoms with van der Waals surface area (Å²) >= 11 is 31.9. The Morgan fingerprint density at radius 3 is 1.25 bits per heavy atom. The number of piperidine rings is 1. The third-order valence-corrected chi connectivity index (χ3v) is 24.1. The van der Waals surface area contributed by atoms with Crippen molar-refractivity contribution in [2.24, 2.45) is 0 Å². The summed E-state index contributed by atoms with van der Waals surface area (Å²) in [5.74, 6) is -0.903. The highest BCUT2D eigenvalue weighted by Gasteiger charge is 2.40. The van der Waals surface area contributed by atoms with E-state index in [0.717, 1.165) is 0 Å². The molecule has 0 bridgehead atoms. The van der Waals surface area contributed by atoms with E-state index in [-0.39, 0.29) is 138 Å². The summed E-state index contributed by atoms with van der Waals surface area (Å²) in [6.07, 6.45) is 9.54. The van der Waals surface area contributed by atoms with Gasteiger partial charge in [-0.3, -0.25) is 39.5 Å². The number of amides is 3. The summed E-state index contributed by atoms with van der Waals surface area (Å²) in [5.41, 5.74) is 0.468. The molecule has 35 nitrogen and oxygen atoms in total. The van der Waals surface area contributed by atoms with E-state index in [1.165, 1.54) is 55.0 Å². The minimum atomic E-state index is -1.54. The van der Waals surface area contributed by atoms with Crippen molar-refractivity contribution < 1.29 is 69.8 Å². The first kappa shape index (κ1) is 88.8. The lowest BCUT2D eigenvalue weighted by Crippen LogP contribution is -2.48. The molecule has 666 valence electrons. The van der Waals surface area contributed by atoms with Gasteiger partial charge >= 0.3 is 18.0 Å². The standard InChI is InChI=1S/C28H28Cl2F2N8O3.C28H29Cl2FN8O4.C27H28ClFN8O4/c1-3-21(41)39-8-10-40(11-9-39)25-16-12-20(29)34-26(43-24-17-14-33-37-19(17)13-18(31)22(24)30)23(16)35-27(36-25)42-15-28(32)4-6-38(2)7-5-28;1-4-22(40)38-6-8-39(9-7-38)26-15-10-21(29)33-27(43-25-16-12-32-36-18(16)11-17(31)23(25)30)24(15)34-28(35-26)42-20-14-37(3)13-19(20)41-5-2;1-4-21(38)36-7-9-37(10-8-36)25-15-5-6-30-26(41-24-16-12-31-34-18(16)11-17(29)22(24)28)23(15)32-27(33-25)40-20-14-35(2)13-19(20)39-3/h3,12-14H,1,4-11,15H2,2H3,(H,33,37);4,10-12,19-20H,1,5-9,13-14H2,2-3H3,(H,32,36);4-6,11-12,19-20H,1,7-10,13-14H2,2-3H3,(H,31,34)/t;2*19-,20-/m.11/s1. The summed E-state index contributed by atoms with van der Waals surface area (Å²) in [6.45, 7) is 22.5. The maximum Gasteiger partial charge on any atom is 0.319 e. The van der Waals surface area contributed by atoms with Crippen molar-refractivity contribution in [3.63, 3.8) is 0 Å². The third-order valence-electron chi connectivity index (χ3n) is 22.6. The molecule has 3 amide bonds. The summed E-state index contributed by atoms with van der Waals surface area (Å²) in [5, 5.41) is 22.5. The Hall–Kier alpha value is -11.7. The number of piperazine rings is 3. The summed E-state index contributed by atoms with van der Waals surface area (Å²) in [7, 11) is 7.57. The van der Waals surface area contributed by atoms with Gasteiger partial charge in [0.1, 0.15) is 114 Å². The van der Waals surface area contributed by atoms with Crippen LogP contribution >= 0.6 is 58.0 Å². The quantitative estimate of drug-likeness (QED) is 0.0322. The van der Waals surface area contributed by atoms with Crippen LogP contribution in [-0.4, -0.2) is 312 Å². The lowest BCUT2D eigenvalue weighted by Gasteiger charge is -2.35. The molecule has 0 aliphatic carbocycles. The number of nitrogens with zero attached hydrogens (tertiary/aromatic N) is 21. The molecule has 44 heteroatoms. The number of pyridine rings is 3. The minimum Gasteiger partial charge on any atom is -0.460 e. The molecule has 4 atom stereocenters. The van der Waals surface area contributed by atoms with E-state index >= 15 is 4.39 Å². The van der Waals surface area contributed by atoms with E-state index < -0.39 is 23.1 Å². The number of aromatic amines is 3. The number of nitrogens with one attached hydrogen (secondary N) is 3. The second-order valence-electron chi connectivity index (χ2n) is 30.9. The molecule has 3 N–H and O–H groups in total. The first-order valence-electron chi connectivity index (χ1n) is 40.5. The topological polar surface area (TPSA) is 356 Å². The van der Waals surface area contributed by atoms with E-state index in [9.17, 15) is 27.6 Å². The minimum absolute atomic E-state index is 0.00879. The Balaban J connectivity index is 0.000000140. The fourth-order valence-electron chi connectivity index (χ4n) is 15.9. The number of aromatic nitrogens is 15. The second-order valence-corrected chi connectivity index (χ2v) is 32.8. The van der Waals surface area contributed by atoms with Crippen molar-refractivity contribution >= 4 is 159 Å². The van der Waals surface area contributed by atoms with Crippen LogP contribution in [0.25, 0.3) is 65.4 Å². The van der Waals surface area contributed by atoms with Crippen molar-refractivity contribution in [1.29, 1.82) is 0 Å². The molecule has 6 aliphatic rings. The number of alkyl halides is 1. The maximum atomic E-state index is 15.6. The molecular weight excluding hydrogens is 1760 g/mol. The number of ether oxygens (including phenoxy) is 8. The molecule has 0 radical (unpaired) electrons. The van der Waals surface area contributed by atoms with Crippen LogP contribution in [0.3, 0.4) is 0 Å². The van der Waals surface area contributed by atoms with Gasteiger partial charge in [-0.2, -0.15) is 55.2 Å². The number of H-pyrrole nitrogens is 3. The average Bonchev–Trinajstić information content (AvgIpc) is 1.44. The van der Waals surface area contributed by atoms with Crippen LogP contribution < -0.4 is 43.1 Å². The van der Waals surface area contributed by atoms with Crippen LogP contribution in [0.1, 0.15) is 19.8 Å². The molecule has 6 saturated heterocycles. The number of carbonyl (C=O) groups excluding carboxylic acids is 3. The van der Waals surface area contributed by atoms with Gasteiger partial charge in [0.25, 0.3) is 0 Å². The smallest absolute Gasteiger partial charge is 0.319 e. The first-order chi connectivity index (χ1) is 61.2. The van der Waals surface area contributed by atoms with Crippen molar-refractivity contribution in [2.45, 2.75) is 49.9 Å². The van der Waals surface area contributed by atoms with Gasteiger partial charge in [-0.05, 0) is 77.3 Å². The number of fused-ring (bicyclic) bond motifs is 6. The van der Waals surface area contributed by atoms with Crippen LogP contribution in [-0.2, 0) is 23.9 Å². The highest BCUT2D eigenvalue weighted by atomic mass is 35.5. The van der Waals surface area contributed by atoms with Crippen LogP contribution in [0.5, 0.6) is 52.9 Å². The molecule has 9 aromatic heterocycles. The van der Waals surface area contributed by atoms with Crippen LogP contribution in [0.2, 0.25) is 25.4 Å². The Morgan fingerprint density at radius 2 is 0.843 bits per heavy atom. The molecule has 0 spiro atoms. The molecule has 6 fully saturated rings. The molecule has 18 rings (SSSR count). The Kier molecular flexibility index (Phi) is 26.6. The monoisotopic (exact) mass is 1840 g/mol. The highest BCUT2D eigenvalue weighted by Crippen LogP contribution is 2.46. The molecule has 0 saturated carbocycles. The number of carbonyl (C=O) groups is 3. The van der Waals surface area contributed by atoms with Crippen molar-refractivity contribution in [1.82, 2.24) is 105 Å². The fourth-order valence-corrected chi connectivity index (χ4v) is 16.8. The molecule has 127 heavy (non-hydrogen) atoms. The van der Waals surface area contributed by atoms with Gasteiger partial charge in [0.05, 0.1) is 67.5 Å². The van der Waals surface area contributed by atoms with E-state index in [1.54, 1.807) is 46.2 Å². The van der Waals surface area contributed by atoms with Gasteiger partial charge < -0.3 is 72.2 Å². The summed E-state index contributed by atoms with van der Waals surface area (Å²) in [6, 6.07) is 8.82. The predicted octanol–water partition coefficient (Wildman–Crippen LogP) is 11.9. The van der Waals surface area contributed by atoms with Crippen molar-refractivity contribution in [3.8, 4) is 52.9 Å². The molecule has 6 aliphatic heterocycles. The second kappa shape index (κ2) is 38.1. The van der Waals surface area contributed by atoms with Gasteiger partial charge in [-0.15, -0.1) is 0 Å². The number of likely N-dealkylation sites (tertiary alicyclic amines) is 3. The lowest BCUT2D eigenvalue weighted by atomic mass is 9.95. The Labute approximate surface area is 747 Å². The first-order valence-corrected chi connectivity index (χ1v) is 42.4. The Morgan fingerprint density at radius 1 is 0.472 bits per heavy atom. The van der Waals surface area contributed by atoms with Crippen molar-refractivity contribution in [3.05, 3.63) is 142 Å². The predicted molar refractivity (Wildman–Crippen MR) is 468 cm³/mol. The van der Waals surface area contributed by atoms with Crippen LogP contribution in [0.15, 0.2) is 99.2 Å². The van der Waals surface area contributed by atoms with Gasteiger partial charge in [0.15, 0.2) is 17.2 Å². The highest BCUT2D eigenvalue weighted by molar-refractivity contribution is 6.35. The summed E-state index contributed by atoms with van der Waals surface area (Å²) in [4.78, 5) is 95.4. The number of hydrogen-bond donors (Lipinski definition) is 3. The molecule has 3 aromatic carbocycles. The van der Waals surface area contributed by atoms with Crippen LogP contribution in [0.4, 0.5) is 35.0 Å². The zero-order chi connectivity index (χ0) is 89.2. The number of likely N-dealkylation sites (N-methyl/N-ethyl adjacent to an activating group) is 2. The zero-order valence-electron chi connectivity index (χ0n) is 69.3. The van der Waals surface area contributed by atoms with Crippen molar-refractivity contribution in [2.75, 3.05) is 174 Å². The van der Waals surface area contributed by atoms with E-state index in [1.807, 2.05) is 37.9 Å². The van der Waals surface area contributed by atoms with Gasteiger partial charge in [0, 0.05) is 156 Å². The van der Waals surface area contributed by atoms with Gasteiger partial charge in [-0.1, -0.05) is 77.7 Å². The van der Waals surface area contributed by atoms with Gasteiger partial charge in [-0.25, -0.2) is 22.5 Å². The average molecular weight is 1850 g/mol. The molecule has 12 aromatic rings. The summed E-state index contributed by atoms with van der Waals surface area (Å²) < 4.78 is 108. The van der Waals surface area contributed by atoms with E-state index in [2.05, 4.69) is 94.8 Å². The number of methoxy groups -OCH3 is 1. The number of halogens is 9. The lowest BCUT2D eigenvalue weighted by molar-refractivity contribution is -0.127. The number of hydrogen-bond acceptors (Lipinski definition) is 29. The Bertz CT molecular complexity index is 6190. The van der Waals surface area contributed by atoms with Gasteiger partial charge in [0.2, 0.25) is 35.4 Å². The number of anilines is 3. The number of benzene rings is 3. The van der Waals surface area contributed by atoms with E-state index in [0.29, 0.717) is 209 Å². The maximum absolute atomic E-state index is 15.6. The molecule has 15 heterocycles. The number of rotatable bonds is 22. The SMILES string of the molecule is C=CC(=O)N1CCN(c2nc(OCC3(F)CCN(C)CC3)nc3c(Oc4c(Cl)c(F)cc5[nH]ncc45)nc(Cl)cc23)CC1.C=CC(=O)N1CCN(c2nc(O[C@@H]3CN(C)C[C@H]3OC)nc3c(Oc4c(Cl)c(F)cc5[nH]ncc45)nccc23)CC1.C=CC(=O)N1CCN(c2nc(O[C@@H]3CN(C)C[C@H]3OCC)nc3c(Oc4c(Cl)c(F)cc5[nH]ncc45)nc(Cl)cc23)CC1. The molecule has 0 unspecified atom stereocenters. The third kappa shape index (κ3) is 19.0. The normalized spacial score (nSPS) is 18.8. The fraction of sp³-hybridized carbons (Fsp3) is 0.386.